The molecule has 16 heavy (non-hydrogen) atoms. The van der Waals surface area contributed by atoms with Crippen LogP contribution in [0.5, 0.6) is 0 Å². The minimum Gasteiger partial charge on any atom is -0.470 e. The lowest BCUT2D eigenvalue weighted by molar-refractivity contribution is -0.384. The normalized spacial score (nSPS) is 19.1. The van der Waals surface area contributed by atoms with Gasteiger partial charge in [-0.15, -0.1) is 0 Å². The number of nitro groups is 1. The van der Waals surface area contributed by atoms with Crippen molar-refractivity contribution in [1.82, 2.24) is 0 Å². The predicted molar refractivity (Wildman–Crippen MR) is 56.5 cm³/mol. The predicted octanol–water partition coefficient (Wildman–Crippen LogP) is 0.732. The largest absolute Gasteiger partial charge is 0.470 e. The molecule has 0 spiro atoms. The van der Waals surface area contributed by atoms with Gasteiger partial charge in [0, 0.05) is 17.7 Å². The molecule has 0 saturated carbocycles. The first-order valence-corrected chi connectivity index (χ1v) is 4.77. The average molecular weight is 222 g/mol. The average Bonchev–Trinajstić information content (AvgIpc) is 2.77. The Morgan fingerprint density at radius 3 is 2.69 bits per heavy atom. The standard InChI is InChI=1S/C10H10N2O4/c13-6-9-5-11-10(16-9)7-1-3-8(4-2-7)12(14)15/h1-4,9,13H,5-6H2/t9-/m0/s1. The summed E-state index contributed by atoms with van der Waals surface area (Å²) in [5.41, 5.74) is 0.711. The van der Waals surface area contributed by atoms with Crippen LogP contribution in [0.25, 0.3) is 0 Å². The lowest BCUT2D eigenvalue weighted by Crippen LogP contribution is -2.17. The van der Waals surface area contributed by atoms with Crippen LogP contribution in [0.15, 0.2) is 29.3 Å². The third-order valence-electron chi connectivity index (χ3n) is 2.25. The number of aliphatic hydroxyl groups is 1. The van der Waals surface area contributed by atoms with Crippen LogP contribution in [0.1, 0.15) is 5.56 Å². The Bertz CT molecular complexity index is 427. The van der Waals surface area contributed by atoms with Gasteiger partial charge in [-0.1, -0.05) is 0 Å². The van der Waals surface area contributed by atoms with E-state index in [0.29, 0.717) is 18.0 Å². The van der Waals surface area contributed by atoms with Crippen LogP contribution < -0.4 is 0 Å². The van der Waals surface area contributed by atoms with E-state index >= 15 is 0 Å². The number of non-ortho nitro benzene ring substituents is 1. The van der Waals surface area contributed by atoms with Gasteiger partial charge in [0.15, 0.2) is 0 Å². The zero-order valence-corrected chi connectivity index (χ0v) is 8.37. The summed E-state index contributed by atoms with van der Waals surface area (Å²) < 4.78 is 5.33. The van der Waals surface area contributed by atoms with Gasteiger partial charge in [-0.3, -0.25) is 10.1 Å². The van der Waals surface area contributed by atoms with Crippen molar-refractivity contribution in [1.29, 1.82) is 0 Å². The zero-order valence-electron chi connectivity index (χ0n) is 8.37. The summed E-state index contributed by atoms with van der Waals surface area (Å²) >= 11 is 0. The molecular weight excluding hydrogens is 212 g/mol. The smallest absolute Gasteiger partial charge is 0.269 e. The monoisotopic (exact) mass is 222 g/mol. The number of hydrogen-bond acceptors (Lipinski definition) is 5. The summed E-state index contributed by atoms with van der Waals surface area (Å²) in [7, 11) is 0. The summed E-state index contributed by atoms with van der Waals surface area (Å²) in [6.07, 6.45) is -0.301. The minimum atomic E-state index is -0.461. The second kappa shape index (κ2) is 4.28. The molecule has 0 bridgehead atoms. The zero-order chi connectivity index (χ0) is 11.5. The maximum atomic E-state index is 10.4. The van der Waals surface area contributed by atoms with Crippen LogP contribution in [0.2, 0.25) is 0 Å². The fourth-order valence-electron chi connectivity index (χ4n) is 1.40. The molecule has 0 unspecified atom stereocenters. The second-order valence-electron chi connectivity index (χ2n) is 3.37. The Morgan fingerprint density at radius 2 is 2.19 bits per heavy atom. The molecule has 1 aliphatic heterocycles. The van der Waals surface area contributed by atoms with Crippen LogP contribution >= 0.6 is 0 Å². The Kier molecular flexibility index (Phi) is 2.82. The van der Waals surface area contributed by atoms with E-state index in [0.717, 1.165) is 0 Å². The lowest BCUT2D eigenvalue weighted by Gasteiger charge is -2.07. The Labute approximate surface area is 91.3 Å². The molecule has 0 saturated heterocycles. The first kappa shape index (κ1) is 10.6. The highest BCUT2D eigenvalue weighted by Crippen LogP contribution is 2.16. The molecule has 1 atom stereocenters. The molecule has 6 nitrogen and oxygen atoms in total. The third kappa shape index (κ3) is 2.01. The molecule has 0 amide bonds. The van der Waals surface area contributed by atoms with E-state index in [4.69, 9.17) is 9.84 Å². The lowest BCUT2D eigenvalue weighted by atomic mass is 10.2. The van der Waals surface area contributed by atoms with E-state index in [1.54, 1.807) is 12.1 Å². The maximum absolute atomic E-state index is 10.4. The van der Waals surface area contributed by atoms with E-state index < -0.39 is 4.92 Å². The van der Waals surface area contributed by atoms with Crippen molar-refractivity contribution < 1.29 is 14.8 Å². The number of nitro benzene ring substituents is 1. The van der Waals surface area contributed by atoms with E-state index in [1.165, 1.54) is 12.1 Å². The van der Waals surface area contributed by atoms with Gasteiger partial charge in [0.25, 0.3) is 5.69 Å². The number of benzene rings is 1. The van der Waals surface area contributed by atoms with Crippen LogP contribution in [-0.2, 0) is 4.74 Å². The maximum Gasteiger partial charge on any atom is 0.269 e. The molecule has 6 heteroatoms. The number of rotatable bonds is 3. The molecule has 0 aromatic heterocycles. The fraction of sp³-hybridized carbons (Fsp3) is 0.300. The van der Waals surface area contributed by atoms with Gasteiger partial charge < -0.3 is 9.84 Å². The molecule has 0 aliphatic carbocycles. The van der Waals surface area contributed by atoms with Crippen molar-refractivity contribution in [2.24, 2.45) is 4.99 Å². The minimum absolute atomic E-state index is 0.0288. The molecule has 1 aromatic rings. The quantitative estimate of drug-likeness (QED) is 0.603. The van der Waals surface area contributed by atoms with Crippen molar-refractivity contribution in [3.05, 3.63) is 39.9 Å². The van der Waals surface area contributed by atoms with Gasteiger partial charge in [0.05, 0.1) is 18.1 Å². The van der Waals surface area contributed by atoms with Gasteiger partial charge in [0.2, 0.25) is 5.90 Å². The molecule has 1 aromatic carbocycles. The first-order chi connectivity index (χ1) is 7.70. The highest BCUT2D eigenvalue weighted by Gasteiger charge is 2.20. The van der Waals surface area contributed by atoms with Gasteiger partial charge >= 0.3 is 0 Å². The highest BCUT2D eigenvalue weighted by atomic mass is 16.6. The number of aliphatic imine (C=N–C) groups is 1. The first-order valence-electron chi connectivity index (χ1n) is 4.77. The summed E-state index contributed by atoms with van der Waals surface area (Å²) in [4.78, 5) is 14.1. The Balaban J connectivity index is 2.14. The molecule has 2 rings (SSSR count). The van der Waals surface area contributed by atoms with Crippen LogP contribution in [0, 0.1) is 10.1 Å². The van der Waals surface area contributed by atoms with E-state index in [-0.39, 0.29) is 18.4 Å². The van der Waals surface area contributed by atoms with Gasteiger partial charge in [-0.2, -0.15) is 0 Å². The van der Waals surface area contributed by atoms with Crippen molar-refractivity contribution >= 4 is 11.6 Å². The highest BCUT2D eigenvalue weighted by molar-refractivity contribution is 5.95. The SMILES string of the molecule is O=[N+]([O-])c1ccc(C2=NC[C@@H](CO)O2)cc1. The topological polar surface area (TPSA) is 85.0 Å². The number of hydrogen-bond donors (Lipinski definition) is 1. The van der Waals surface area contributed by atoms with Crippen molar-refractivity contribution in [3.63, 3.8) is 0 Å². The molecule has 84 valence electrons. The van der Waals surface area contributed by atoms with Gasteiger partial charge in [0.1, 0.15) is 6.10 Å². The van der Waals surface area contributed by atoms with Crippen molar-refractivity contribution in [2.75, 3.05) is 13.2 Å². The molecule has 1 N–H and O–H groups in total. The van der Waals surface area contributed by atoms with Crippen LogP contribution in [0.4, 0.5) is 5.69 Å². The Hall–Kier alpha value is -1.95. The number of aliphatic hydroxyl groups excluding tert-OH is 1. The summed E-state index contributed by atoms with van der Waals surface area (Å²) in [6.45, 7) is 0.336. The second-order valence-corrected chi connectivity index (χ2v) is 3.37. The van der Waals surface area contributed by atoms with Gasteiger partial charge in [-0.05, 0) is 12.1 Å². The van der Waals surface area contributed by atoms with Gasteiger partial charge in [-0.25, -0.2) is 4.99 Å². The van der Waals surface area contributed by atoms with Crippen LogP contribution in [0.3, 0.4) is 0 Å². The Morgan fingerprint density at radius 1 is 1.50 bits per heavy atom. The summed E-state index contributed by atoms with van der Waals surface area (Å²) in [5, 5.41) is 19.3. The number of ether oxygens (including phenoxy) is 1. The van der Waals surface area contributed by atoms with Crippen molar-refractivity contribution in [3.8, 4) is 0 Å². The third-order valence-corrected chi connectivity index (χ3v) is 2.25. The molecule has 0 radical (unpaired) electrons. The van der Waals surface area contributed by atoms with Crippen LogP contribution in [-0.4, -0.2) is 35.2 Å². The molecule has 1 aliphatic rings. The fourth-order valence-corrected chi connectivity index (χ4v) is 1.40. The molecule has 0 fully saturated rings. The van der Waals surface area contributed by atoms with Crippen molar-refractivity contribution in [2.45, 2.75) is 6.10 Å². The molecular formula is C10H10N2O4. The van der Waals surface area contributed by atoms with E-state index in [1.807, 2.05) is 0 Å². The van der Waals surface area contributed by atoms with E-state index in [2.05, 4.69) is 4.99 Å². The summed E-state index contributed by atoms with van der Waals surface area (Å²) in [6, 6.07) is 5.95. The number of nitrogens with zero attached hydrogens (tertiary/aromatic N) is 2. The molecule has 1 heterocycles. The van der Waals surface area contributed by atoms with E-state index in [9.17, 15) is 10.1 Å². The summed E-state index contributed by atoms with van der Waals surface area (Å²) in [5.74, 6) is 0.425.